The lowest BCUT2D eigenvalue weighted by Gasteiger charge is -2.32. The van der Waals surface area contributed by atoms with Gasteiger partial charge in [0.05, 0.1) is 38.7 Å². The van der Waals surface area contributed by atoms with Gasteiger partial charge in [0, 0.05) is 42.1 Å². The minimum atomic E-state index is -0.339. The van der Waals surface area contributed by atoms with Crippen LogP contribution in [0.4, 0.5) is 21.0 Å². The Labute approximate surface area is 340 Å². The molecule has 0 bridgehead atoms. The van der Waals surface area contributed by atoms with E-state index in [1.54, 1.807) is 24.0 Å². The molecule has 4 saturated heterocycles. The molecule has 12 heteroatoms. The van der Waals surface area contributed by atoms with E-state index in [4.69, 9.17) is 18.9 Å². The van der Waals surface area contributed by atoms with Crippen LogP contribution in [0.2, 0.25) is 0 Å². The molecule has 2 unspecified atom stereocenters. The number of nitrogens with zero attached hydrogens (tertiary/aromatic N) is 4. The predicted octanol–water partition coefficient (Wildman–Crippen LogP) is 7.23. The van der Waals surface area contributed by atoms with Crippen LogP contribution < -0.4 is 19.3 Å². The summed E-state index contributed by atoms with van der Waals surface area (Å²) in [5.74, 6) is 1.99. The number of amides is 2. The third-order valence-electron chi connectivity index (χ3n) is 11.4. The van der Waals surface area contributed by atoms with Crippen LogP contribution in [0.3, 0.4) is 0 Å². The molecular weight excluding hydrogens is 737 g/mol. The number of piperidine rings is 2. The fraction of sp³-hybridized carbons (Fsp3) is 0.391. The van der Waals surface area contributed by atoms with Crippen molar-refractivity contribution in [3.8, 4) is 11.5 Å². The molecule has 4 aliphatic heterocycles. The fourth-order valence-corrected chi connectivity index (χ4v) is 8.28. The van der Waals surface area contributed by atoms with Gasteiger partial charge in [0.15, 0.2) is 11.6 Å². The SMILES string of the molecule is COc1cccc(N2CC(CN3CCC(C(=O)c4ccccc4)CC3)OC2=O)c1.COc1ccccc1N1CC(CN2CCC(C(=O)c3ccccc3)CC2)OC1=O. The summed E-state index contributed by atoms with van der Waals surface area (Å²) in [6.07, 6.45) is 2.34. The summed E-state index contributed by atoms with van der Waals surface area (Å²) in [7, 11) is 3.20. The highest BCUT2D eigenvalue weighted by Gasteiger charge is 2.37. The lowest BCUT2D eigenvalue weighted by atomic mass is 9.89. The van der Waals surface area contributed by atoms with Gasteiger partial charge in [-0.05, 0) is 76.1 Å². The summed E-state index contributed by atoms with van der Waals surface area (Å²) >= 11 is 0. The van der Waals surface area contributed by atoms with E-state index in [9.17, 15) is 19.2 Å². The van der Waals surface area contributed by atoms with E-state index in [-0.39, 0.29) is 47.8 Å². The van der Waals surface area contributed by atoms with E-state index in [0.717, 1.165) is 74.4 Å². The molecule has 4 aliphatic rings. The van der Waals surface area contributed by atoms with Crippen LogP contribution in [-0.2, 0) is 9.47 Å². The third-order valence-corrected chi connectivity index (χ3v) is 11.4. The second kappa shape index (κ2) is 19.1. The summed E-state index contributed by atoms with van der Waals surface area (Å²) in [5, 5.41) is 0. The number of anilines is 2. The second-order valence-electron chi connectivity index (χ2n) is 15.2. The molecule has 12 nitrogen and oxygen atoms in total. The minimum Gasteiger partial charge on any atom is -0.497 e. The largest absolute Gasteiger partial charge is 0.497 e. The molecule has 4 fully saturated rings. The molecule has 0 aliphatic carbocycles. The van der Waals surface area contributed by atoms with Crippen LogP contribution in [0, 0.1) is 11.8 Å². The molecule has 0 N–H and O–H groups in total. The van der Waals surface area contributed by atoms with E-state index in [0.29, 0.717) is 37.7 Å². The number of hydrogen-bond donors (Lipinski definition) is 0. The number of ether oxygens (including phenoxy) is 4. The first-order chi connectivity index (χ1) is 28.3. The Morgan fingerprint density at radius 1 is 0.586 bits per heavy atom. The number of hydrogen-bond acceptors (Lipinski definition) is 10. The van der Waals surface area contributed by atoms with Crippen LogP contribution in [0.25, 0.3) is 0 Å². The number of carbonyl (C=O) groups is 4. The topological polar surface area (TPSA) is 118 Å². The van der Waals surface area contributed by atoms with Gasteiger partial charge in [0.1, 0.15) is 23.7 Å². The number of carbonyl (C=O) groups excluding carboxylic acids is 4. The molecule has 0 saturated carbocycles. The van der Waals surface area contributed by atoms with Crippen molar-refractivity contribution in [3.05, 3.63) is 120 Å². The van der Waals surface area contributed by atoms with Crippen molar-refractivity contribution in [3.63, 3.8) is 0 Å². The molecule has 0 radical (unpaired) electrons. The van der Waals surface area contributed by atoms with Gasteiger partial charge in [0.25, 0.3) is 0 Å². The maximum atomic E-state index is 12.6. The molecule has 8 rings (SSSR count). The highest BCUT2D eigenvalue weighted by Crippen LogP contribution is 2.32. The van der Waals surface area contributed by atoms with Crippen molar-refractivity contribution >= 4 is 35.1 Å². The van der Waals surface area contributed by atoms with Gasteiger partial charge in [-0.1, -0.05) is 78.9 Å². The average molecular weight is 789 g/mol. The molecule has 4 aromatic rings. The maximum Gasteiger partial charge on any atom is 0.414 e. The number of ketones is 2. The van der Waals surface area contributed by atoms with E-state index in [1.165, 1.54) is 0 Å². The lowest BCUT2D eigenvalue weighted by molar-refractivity contribution is 0.0739. The van der Waals surface area contributed by atoms with Gasteiger partial charge in [-0.25, -0.2) is 9.59 Å². The van der Waals surface area contributed by atoms with Gasteiger partial charge in [-0.15, -0.1) is 0 Å². The first-order valence-corrected chi connectivity index (χ1v) is 20.2. The van der Waals surface area contributed by atoms with E-state index < -0.39 is 0 Å². The molecular formula is C46H52N4O8. The van der Waals surface area contributed by atoms with Crippen LogP contribution in [-0.4, -0.2) is 112 Å². The Hall–Kier alpha value is -5.72. The number of likely N-dealkylation sites (tertiary alicyclic amines) is 2. The third kappa shape index (κ3) is 9.86. The Bertz CT molecular complexity index is 2010. The first kappa shape index (κ1) is 40.5. The van der Waals surface area contributed by atoms with E-state index >= 15 is 0 Å². The van der Waals surface area contributed by atoms with Crippen LogP contribution >= 0.6 is 0 Å². The van der Waals surface area contributed by atoms with Crippen molar-refractivity contribution in [1.29, 1.82) is 0 Å². The van der Waals surface area contributed by atoms with Crippen LogP contribution in [0.1, 0.15) is 46.4 Å². The van der Waals surface area contributed by atoms with Crippen molar-refractivity contribution in [2.45, 2.75) is 37.9 Å². The Balaban J connectivity index is 0.000000177. The van der Waals surface area contributed by atoms with Crippen LogP contribution in [0.15, 0.2) is 109 Å². The smallest absolute Gasteiger partial charge is 0.414 e. The van der Waals surface area contributed by atoms with Gasteiger partial charge < -0.3 is 18.9 Å². The fourth-order valence-electron chi connectivity index (χ4n) is 8.28. The average Bonchev–Trinajstić information content (AvgIpc) is 3.84. The summed E-state index contributed by atoms with van der Waals surface area (Å²) in [6, 6.07) is 33.9. The first-order valence-electron chi connectivity index (χ1n) is 20.2. The standard InChI is InChI=1S/2C23H26N2O4/c1-28-21-10-6-5-9-20(21)25-16-19(29-23(25)27)15-24-13-11-18(12-14-24)22(26)17-7-3-2-4-8-17;1-28-20-9-5-8-19(14-20)25-16-21(29-23(25)27)15-24-12-10-18(11-13-24)22(26)17-6-3-2-4-7-17/h2-10,18-19H,11-16H2,1H3;2-9,14,18,21H,10-13,15-16H2,1H3. The van der Waals surface area contributed by atoms with Crippen molar-refractivity contribution in [2.75, 3.05) is 76.4 Å². The number of rotatable bonds is 12. The highest BCUT2D eigenvalue weighted by atomic mass is 16.6. The Kier molecular flexibility index (Phi) is 13.4. The number of methoxy groups -OCH3 is 2. The normalized spacial score (nSPS) is 20.5. The summed E-state index contributed by atoms with van der Waals surface area (Å²) in [5.41, 5.74) is 3.10. The van der Waals surface area contributed by atoms with Crippen LogP contribution in [0.5, 0.6) is 11.5 Å². The summed E-state index contributed by atoms with van der Waals surface area (Å²) in [6.45, 7) is 5.77. The maximum absolute atomic E-state index is 12.6. The Morgan fingerprint density at radius 2 is 1.07 bits per heavy atom. The number of benzene rings is 4. The monoisotopic (exact) mass is 788 g/mol. The number of Topliss-reactive ketones (excluding diaryl/α,β-unsaturated/α-hetero) is 2. The summed E-state index contributed by atoms with van der Waals surface area (Å²) in [4.78, 5) is 57.9. The van der Waals surface area contributed by atoms with Gasteiger partial charge >= 0.3 is 12.2 Å². The van der Waals surface area contributed by atoms with E-state index in [2.05, 4.69) is 9.80 Å². The van der Waals surface area contributed by atoms with E-state index in [1.807, 2.05) is 109 Å². The number of para-hydroxylation sites is 2. The van der Waals surface area contributed by atoms with Crippen molar-refractivity contribution in [2.24, 2.45) is 11.8 Å². The zero-order valence-corrected chi connectivity index (χ0v) is 33.2. The van der Waals surface area contributed by atoms with Crippen molar-refractivity contribution < 1.29 is 38.1 Å². The lowest BCUT2D eigenvalue weighted by Crippen LogP contribution is -2.41. The molecule has 58 heavy (non-hydrogen) atoms. The molecule has 2 atom stereocenters. The minimum absolute atomic E-state index is 0.0739. The predicted molar refractivity (Wildman–Crippen MR) is 221 cm³/mol. The highest BCUT2D eigenvalue weighted by molar-refractivity contribution is 5.98. The molecule has 304 valence electrons. The van der Waals surface area contributed by atoms with Gasteiger partial charge in [-0.3, -0.25) is 29.2 Å². The van der Waals surface area contributed by atoms with Gasteiger partial charge in [-0.2, -0.15) is 0 Å². The number of cyclic esters (lactones) is 2. The van der Waals surface area contributed by atoms with Gasteiger partial charge in [0.2, 0.25) is 0 Å². The molecule has 0 aromatic heterocycles. The quantitative estimate of drug-likeness (QED) is 0.136. The zero-order valence-electron chi connectivity index (χ0n) is 33.2. The second-order valence-corrected chi connectivity index (χ2v) is 15.2. The Morgan fingerprint density at radius 3 is 1.59 bits per heavy atom. The summed E-state index contributed by atoms with van der Waals surface area (Å²) < 4.78 is 21.8. The molecule has 0 spiro atoms. The molecule has 4 heterocycles. The van der Waals surface area contributed by atoms with Crippen molar-refractivity contribution in [1.82, 2.24) is 9.80 Å². The molecule has 2 amide bonds. The molecule has 4 aromatic carbocycles. The zero-order chi connectivity index (χ0) is 40.4.